The maximum absolute atomic E-state index is 13.3. The van der Waals surface area contributed by atoms with Crippen LogP contribution in [-0.2, 0) is 19.1 Å². The minimum Gasteiger partial charge on any atom is -0.313 e. The van der Waals surface area contributed by atoms with Gasteiger partial charge in [-0.05, 0) is 30.7 Å². The second-order valence-electron chi connectivity index (χ2n) is 4.73. The molecular weight excluding hydrogens is 279 g/mol. The first-order valence-electron chi connectivity index (χ1n) is 6.91. The fourth-order valence-electron chi connectivity index (χ4n) is 2.14. The molecule has 3 nitrogen and oxygen atoms in total. The Morgan fingerprint density at radius 1 is 1.14 bits per heavy atom. The summed E-state index contributed by atoms with van der Waals surface area (Å²) in [5.74, 6) is 0. The molecule has 0 aliphatic heterocycles. The Hall–Kier alpha value is -1.82. The molecule has 0 aliphatic carbocycles. The van der Waals surface area contributed by atoms with Gasteiger partial charge < -0.3 is 5.32 Å². The maximum Gasteiger partial charge on any atom is 0.433 e. The summed E-state index contributed by atoms with van der Waals surface area (Å²) in [6.07, 6.45) is -2.32. The van der Waals surface area contributed by atoms with Crippen LogP contribution in [0.2, 0.25) is 0 Å². The molecule has 2 rings (SSSR count). The quantitative estimate of drug-likeness (QED) is 0.914. The second-order valence-corrected chi connectivity index (χ2v) is 4.73. The average Bonchev–Trinajstić information content (AvgIpc) is 2.89. The van der Waals surface area contributed by atoms with Crippen LogP contribution in [0.3, 0.4) is 0 Å². The lowest BCUT2D eigenvalue weighted by atomic mass is 10.1. The molecule has 0 fully saturated rings. The Bertz CT molecular complexity index is 585. The van der Waals surface area contributed by atoms with Gasteiger partial charge >= 0.3 is 6.18 Å². The van der Waals surface area contributed by atoms with Gasteiger partial charge in [-0.15, -0.1) is 0 Å². The third-order valence-corrected chi connectivity index (χ3v) is 3.27. The fourth-order valence-corrected chi connectivity index (χ4v) is 2.14. The lowest BCUT2D eigenvalue weighted by Crippen LogP contribution is -2.19. The minimum absolute atomic E-state index is 0.151. The van der Waals surface area contributed by atoms with Crippen LogP contribution < -0.4 is 5.32 Å². The van der Waals surface area contributed by atoms with Gasteiger partial charge in [-0.25, -0.2) is 4.68 Å². The van der Waals surface area contributed by atoms with E-state index in [1.165, 1.54) is 6.20 Å². The van der Waals surface area contributed by atoms with Crippen molar-refractivity contribution in [1.82, 2.24) is 15.1 Å². The Morgan fingerprint density at radius 3 is 2.33 bits per heavy atom. The van der Waals surface area contributed by atoms with Gasteiger partial charge in [0, 0.05) is 12.1 Å². The van der Waals surface area contributed by atoms with Crippen molar-refractivity contribution in [3.05, 3.63) is 47.3 Å². The zero-order valence-electron chi connectivity index (χ0n) is 12.0. The van der Waals surface area contributed by atoms with E-state index in [0.717, 1.165) is 16.7 Å². The number of aryl methyl sites for hydroxylation is 1. The average molecular weight is 297 g/mol. The smallest absolute Gasteiger partial charge is 0.313 e. The van der Waals surface area contributed by atoms with E-state index in [2.05, 4.69) is 10.4 Å². The van der Waals surface area contributed by atoms with Crippen molar-refractivity contribution >= 4 is 0 Å². The topological polar surface area (TPSA) is 29.9 Å². The Morgan fingerprint density at radius 2 is 1.81 bits per heavy atom. The summed E-state index contributed by atoms with van der Waals surface area (Å²) in [7, 11) is 0. The molecule has 1 heterocycles. The third-order valence-electron chi connectivity index (χ3n) is 3.27. The van der Waals surface area contributed by atoms with E-state index in [4.69, 9.17) is 0 Å². The number of halogens is 3. The molecule has 6 heteroatoms. The van der Waals surface area contributed by atoms with Gasteiger partial charge in [0.15, 0.2) is 5.69 Å². The van der Waals surface area contributed by atoms with Crippen LogP contribution in [0.4, 0.5) is 13.2 Å². The first-order chi connectivity index (χ1) is 9.97. The van der Waals surface area contributed by atoms with Gasteiger partial charge in [-0.1, -0.05) is 26.0 Å². The van der Waals surface area contributed by atoms with Crippen LogP contribution in [0.1, 0.15) is 30.7 Å². The number of aromatic nitrogens is 2. The van der Waals surface area contributed by atoms with Gasteiger partial charge in [0.05, 0.1) is 11.9 Å². The highest BCUT2D eigenvalue weighted by molar-refractivity contribution is 5.38. The van der Waals surface area contributed by atoms with E-state index in [1.807, 2.05) is 26.0 Å². The largest absolute Gasteiger partial charge is 0.433 e. The van der Waals surface area contributed by atoms with E-state index in [0.29, 0.717) is 12.2 Å². The second kappa shape index (κ2) is 6.30. The van der Waals surface area contributed by atoms with Crippen LogP contribution in [-0.4, -0.2) is 16.3 Å². The molecule has 0 saturated carbocycles. The standard InChI is InChI=1S/C15H18F3N3/c1-3-11-5-7-13(8-6-11)21-14(15(16,17)18)12(10-20-21)9-19-4-2/h5-8,10,19H,3-4,9H2,1-2H3. The summed E-state index contributed by atoms with van der Waals surface area (Å²) in [6.45, 7) is 4.60. The lowest BCUT2D eigenvalue weighted by Gasteiger charge is -2.13. The van der Waals surface area contributed by atoms with E-state index >= 15 is 0 Å². The van der Waals surface area contributed by atoms with Gasteiger partial charge in [0.1, 0.15) is 0 Å². The highest BCUT2D eigenvalue weighted by atomic mass is 19.4. The third kappa shape index (κ3) is 3.44. The molecule has 2 aromatic rings. The van der Waals surface area contributed by atoms with Crippen LogP contribution in [0.5, 0.6) is 0 Å². The van der Waals surface area contributed by atoms with Crippen LogP contribution in [0.25, 0.3) is 5.69 Å². The van der Waals surface area contributed by atoms with Crippen molar-refractivity contribution < 1.29 is 13.2 Å². The predicted molar refractivity (Wildman–Crippen MR) is 75.3 cm³/mol. The molecule has 0 atom stereocenters. The molecule has 0 saturated heterocycles. The van der Waals surface area contributed by atoms with Gasteiger partial charge in [-0.2, -0.15) is 18.3 Å². The van der Waals surface area contributed by atoms with Crippen molar-refractivity contribution in [2.75, 3.05) is 6.54 Å². The molecule has 0 radical (unpaired) electrons. The van der Waals surface area contributed by atoms with E-state index in [1.54, 1.807) is 12.1 Å². The number of benzene rings is 1. The molecule has 114 valence electrons. The summed E-state index contributed by atoms with van der Waals surface area (Å²) < 4.78 is 40.9. The Balaban J connectivity index is 2.44. The molecule has 0 aliphatic rings. The minimum atomic E-state index is -4.44. The van der Waals surface area contributed by atoms with Crippen molar-refractivity contribution in [1.29, 1.82) is 0 Å². The summed E-state index contributed by atoms with van der Waals surface area (Å²) in [6, 6.07) is 6.97. The summed E-state index contributed by atoms with van der Waals surface area (Å²) in [5, 5.41) is 6.82. The number of alkyl halides is 3. The molecular formula is C15H18F3N3. The SMILES string of the molecule is CCNCc1cnn(-c2ccc(CC)cc2)c1C(F)(F)F. The van der Waals surface area contributed by atoms with Gasteiger partial charge in [-0.3, -0.25) is 0 Å². The van der Waals surface area contributed by atoms with Crippen molar-refractivity contribution in [2.45, 2.75) is 33.0 Å². The van der Waals surface area contributed by atoms with E-state index in [9.17, 15) is 13.2 Å². The number of hydrogen-bond acceptors (Lipinski definition) is 2. The zero-order valence-corrected chi connectivity index (χ0v) is 12.0. The van der Waals surface area contributed by atoms with Crippen LogP contribution in [0.15, 0.2) is 30.5 Å². The van der Waals surface area contributed by atoms with Crippen LogP contribution in [0, 0.1) is 0 Å². The van der Waals surface area contributed by atoms with Crippen LogP contribution >= 0.6 is 0 Å². The van der Waals surface area contributed by atoms with Gasteiger partial charge in [0.25, 0.3) is 0 Å². The van der Waals surface area contributed by atoms with Crippen molar-refractivity contribution in [3.8, 4) is 5.69 Å². The molecule has 1 N–H and O–H groups in total. The number of nitrogens with one attached hydrogen (secondary N) is 1. The molecule has 1 aromatic carbocycles. The number of hydrogen-bond donors (Lipinski definition) is 1. The summed E-state index contributed by atoms with van der Waals surface area (Å²) in [5.41, 5.74) is 0.936. The summed E-state index contributed by atoms with van der Waals surface area (Å²) in [4.78, 5) is 0. The van der Waals surface area contributed by atoms with Gasteiger partial charge in [0.2, 0.25) is 0 Å². The Labute approximate surface area is 121 Å². The lowest BCUT2D eigenvalue weighted by molar-refractivity contribution is -0.143. The Kier molecular flexibility index (Phi) is 4.67. The highest BCUT2D eigenvalue weighted by Crippen LogP contribution is 2.33. The van der Waals surface area contributed by atoms with E-state index in [-0.39, 0.29) is 12.1 Å². The van der Waals surface area contributed by atoms with Crippen molar-refractivity contribution in [2.24, 2.45) is 0 Å². The summed E-state index contributed by atoms with van der Waals surface area (Å²) >= 11 is 0. The molecule has 1 aromatic heterocycles. The molecule has 0 unspecified atom stereocenters. The monoisotopic (exact) mass is 297 g/mol. The predicted octanol–water partition coefficient (Wildman–Crippen LogP) is 3.56. The van der Waals surface area contributed by atoms with E-state index < -0.39 is 11.9 Å². The maximum atomic E-state index is 13.3. The zero-order chi connectivity index (χ0) is 15.5. The highest BCUT2D eigenvalue weighted by Gasteiger charge is 2.38. The molecule has 0 amide bonds. The first kappa shape index (κ1) is 15.6. The van der Waals surface area contributed by atoms with Crippen molar-refractivity contribution in [3.63, 3.8) is 0 Å². The molecule has 0 spiro atoms. The fraction of sp³-hybridized carbons (Fsp3) is 0.400. The first-order valence-corrected chi connectivity index (χ1v) is 6.91. The molecule has 21 heavy (non-hydrogen) atoms. The normalized spacial score (nSPS) is 11.9. The number of rotatable bonds is 5. The number of nitrogens with zero attached hydrogens (tertiary/aromatic N) is 2. The molecule has 0 bridgehead atoms.